The summed E-state index contributed by atoms with van der Waals surface area (Å²) in [4.78, 5) is 12.1. The van der Waals surface area contributed by atoms with Gasteiger partial charge in [0.2, 0.25) is 0 Å². The van der Waals surface area contributed by atoms with Crippen molar-refractivity contribution in [3.63, 3.8) is 0 Å². The Labute approximate surface area is 123 Å². The van der Waals surface area contributed by atoms with Crippen LogP contribution in [-0.4, -0.2) is 11.6 Å². The molecule has 0 aliphatic heterocycles. The van der Waals surface area contributed by atoms with E-state index in [-0.39, 0.29) is 17.0 Å². The minimum Gasteiger partial charge on any atom is -0.459 e. The van der Waals surface area contributed by atoms with E-state index in [1.54, 1.807) is 0 Å². The van der Waals surface area contributed by atoms with Crippen molar-refractivity contribution in [3.05, 3.63) is 0 Å². The topological polar surface area (TPSA) is 26.3 Å². The maximum atomic E-state index is 12.1. The van der Waals surface area contributed by atoms with E-state index in [1.165, 1.54) is 38.5 Å². The SMILES string of the molecule is CC(C)CC(=O)OC(C)(C)C12CC3CC(CC(C3)C1)C2. The lowest BCUT2D eigenvalue weighted by molar-refractivity contribution is -0.199. The molecule has 0 aromatic heterocycles. The van der Waals surface area contributed by atoms with E-state index in [1.807, 2.05) is 0 Å². The predicted octanol–water partition coefficient (Wildman–Crippen LogP) is 4.57. The second-order valence-corrected chi connectivity index (χ2v) is 8.78. The van der Waals surface area contributed by atoms with Crippen molar-refractivity contribution in [1.29, 1.82) is 0 Å². The number of hydrogen-bond donors (Lipinski definition) is 0. The normalized spacial score (nSPS) is 39.4. The molecule has 0 aromatic rings. The lowest BCUT2D eigenvalue weighted by Gasteiger charge is -2.61. The van der Waals surface area contributed by atoms with Gasteiger partial charge in [-0.2, -0.15) is 0 Å². The van der Waals surface area contributed by atoms with Crippen LogP contribution in [0.5, 0.6) is 0 Å². The van der Waals surface area contributed by atoms with Crippen LogP contribution in [0.1, 0.15) is 72.6 Å². The molecule has 114 valence electrons. The molecule has 20 heavy (non-hydrogen) atoms. The van der Waals surface area contributed by atoms with Gasteiger partial charge in [-0.1, -0.05) is 13.8 Å². The Morgan fingerprint density at radius 3 is 1.95 bits per heavy atom. The highest BCUT2D eigenvalue weighted by molar-refractivity contribution is 5.70. The van der Waals surface area contributed by atoms with E-state index >= 15 is 0 Å². The van der Waals surface area contributed by atoms with E-state index in [2.05, 4.69) is 27.7 Å². The van der Waals surface area contributed by atoms with Gasteiger partial charge in [0.25, 0.3) is 0 Å². The molecule has 0 heterocycles. The minimum absolute atomic E-state index is 0.000690. The molecular weight excluding hydrogens is 248 g/mol. The molecule has 0 saturated heterocycles. The molecule has 0 amide bonds. The molecule has 4 saturated carbocycles. The molecule has 4 rings (SSSR count). The first-order valence-electron chi connectivity index (χ1n) is 8.51. The summed E-state index contributed by atoms with van der Waals surface area (Å²) in [6, 6.07) is 0. The van der Waals surface area contributed by atoms with Gasteiger partial charge < -0.3 is 4.74 Å². The molecule has 0 N–H and O–H groups in total. The Morgan fingerprint density at radius 1 is 1.10 bits per heavy atom. The molecule has 0 unspecified atom stereocenters. The first-order valence-corrected chi connectivity index (χ1v) is 8.51. The third-order valence-corrected chi connectivity index (χ3v) is 6.26. The summed E-state index contributed by atoms with van der Waals surface area (Å²) in [5.41, 5.74) is -0.0105. The molecule has 4 aliphatic rings. The Balaban J connectivity index is 1.75. The lowest BCUT2D eigenvalue weighted by Crippen LogP contribution is -2.57. The standard InChI is InChI=1S/C18H30O2/c1-12(2)5-16(19)20-17(3,4)18-9-13-6-14(10-18)8-15(7-13)11-18/h12-15H,5-11H2,1-4H3. The van der Waals surface area contributed by atoms with Crippen LogP contribution in [0.4, 0.5) is 0 Å². The van der Waals surface area contributed by atoms with Crippen LogP contribution in [0.3, 0.4) is 0 Å². The summed E-state index contributed by atoms with van der Waals surface area (Å²) in [5, 5.41) is 0. The van der Waals surface area contributed by atoms with Crippen molar-refractivity contribution in [3.8, 4) is 0 Å². The molecular formula is C18H30O2. The van der Waals surface area contributed by atoms with Gasteiger partial charge in [0, 0.05) is 11.8 Å². The fourth-order valence-corrected chi connectivity index (χ4v) is 5.62. The first kappa shape index (κ1) is 14.4. The van der Waals surface area contributed by atoms with Crippen LogP contribution in [0, 0.1) is 29.1 Å². The molecule has 4 bridgehead atoms. The largest absolute Gasteiger partial charge is 0.459 e. The van der Waals surface area contributed by atoms with Gasteiger partial charge in [0.1, 0.15) is 5.60 Å². The highest BCUT2D eigenvalue weighted by Crippen LogP contribution is 2.64. The van der Waals surface area contributed by atoms with Crippen molar-refractivity contribution in [2.45, 2.75) is 78.2 Å². The summed E-state index contributed by atoms with van der Waals surface area (Å²) in [5.74, 6) is 3.10. The van der Waals surface area contributed by atoms with Crippen LogP contribution in [0.2, 0.25) is 0 Å². The molecule has 4 aliphatic carbocycles. The van der Waals surface area contributed by atoms with Gasteiger partial charge in [-0.3, -0.25) is 4.79 Å². The zero-order chi connectivity index (χ0) is 14.5. The summed E-state index contributed by atoms with van der Waals surface area (Å²) >= 11 is 0. The first-order chi connectivity index (χ1) is 9.30. The van der Waals surface area contributed by atoms with Crippen LogP contribution in [0.25, 0.3) is 0 Å². The molecule has 2 nitrogen and oxygen atoms in total. The summed E-state index contributed by atoms with van der Waals surface area (Å²) in [6.07, 6.45) is 8.75. The highest BCUT2D eigenvalue weighted by atomic mass is 16.6. The molecule has 2 heteroatoms. The average Bonchev–Trinajstić information content (AvgIpc) is 2.24. The summed E-state index contributed by atoms with van der Waals surface area (Å²) < 4.78 is 5.99. The zero-order valence-corrected chi connectivity index (χ0v) is 13.6. The predicted molar refractivity (Wildman–Crippen MR) is 80.2 cm³/mol. The maximum absolute atomic E-state index is 12.1. The summed E-state index contributed by atoms with van der Waals surface area (Å²) in [6.45, 7) is 8.52. The Kier molecular flexibility index (Phi) is 3.42. The van der Waals surface area contributed by atoms with Crippen molar-refractivity contribution in [2.75, 3.05) is 0 Å². The zero-order valence-electron chi connectivity index (χ0n) is 13.6. The van der Waals surface area contributed by atoms with Gasteiger partial charge in [-0.05, 0) is 76.0 Å². The monoisotopic (exact) mass is 278 g/mol. The van der Waals surface area contributed by atoms with Crippen molar-refractivity contribution in [1.82, 2.24) is 0 Å². The Morgan fingerprint density at radius 2 is 1.55 bits per heavy atom. The number of rotatable bonds is 4. The van der Waals surface area contributed by atoms with Gasteiger partial charge in [0.15, 0.2) is 0 Å². The van der Waals surface area contributed by atoms with Gasteiger partial charge >= 0.3 is 5.97 Å². The van der Waals surface area contributed by atoms with E-state index < -0.39 is 0 Å². The second kappa shape index (κ2) is 4.74. The van der Waals surface area contributed by atoms with Crippen molar-refractivity contribution >= 4 is 5.97 Å². The molecule has 0 atom stereocenters. The fraction of sp³-hybridized carbons (Fsp3) is 0.944. The van der Waals surface area contributed by atoms with Gasteiger partial charge in [-0.15, -0.1) is 0 Å². The van der Waals surface area contributed by atoms with Gasteiger partial charge in [-0.25, -0.2) is 0 Å². The van der Waals surface area contributed by atoms with Gasteiger partial charge in [0.05, 0.1) is 0 Å². The second-order valence-electron chi connectivity index (χ2n) is 8.78. The van der Waals surface area contributed by atoms with E-state index in [9.17, 15) is 4.79 Å². The number of carbonyl (C=O) groups is 1. The lowest BCUT2D eigenvalue weighted by atomic mass is 9.46. The average molecular weight is 278 g/mol. The Hall–Kier alpha value is -0.530. The molecule has 0 aromatic carbocycles. The smallest absolute Gasteiger partial charge is 0.306 e. The quantitative estimate of drug-likeness (QED) is 0.704. The van der Waals surface area contributed by atoms with Crippen molar-refractivity contribution < 1.29 is 9.53 Å². The van der Waals surface area contributed by atoms with E-state index in [4.69, 9.17) is 4.74 Å². The number of ether oxygens (including phenoxy) is 1. The van der Waals surface area contributed by atoms with Crippen molar-refractivity contribution in [2.24, 2.45) is 29.1 Å². The molecule has 0 radical (unpaired) electrons. The van der Waals surface area contributed by atoms with Crippen LogP contribution < -0.4 is 0 Å². The number of esters is 1. The number of hydrogen-bond acceptors (Lipinski definition) is 2. The maximum Gasteiger partial charge on any atom is 0.306 e. The van der Waals surface area contributed by atoms with E-state index in [0.29, 0.717) is 12.3 Å². The minimum atomic E-state index is -0.283. The summed E-state index contributed by atoms with van der Waals surface area (Å²) in [7, 11) is 0. The Bertz CT molecular complexity index is 359. The highest BCUT2D eigenvalue weighted by Gasteiger charge is 2.58. The third kappa shape index (κ3) is 2.40. The molecule has 4 fully saturated rings. The number of carbonyl (C=O) groups excluding carboxylic acids is 1. The van der Waals surface area contributed by atoms with Crippen LogP contribution >= 0.6 is 0 Å². The third-order valence-electron chi connectivity index (χ3n) is 6.26. The fourth-order valence-electron chi connectivity index (χ4n) is 5.62. The molecule has 0 spiro atoms. The van der Waals surface area contributed by atoms with Crippen LogP contribution in [0.15, 0.2) is 0 Å². The van der Waals surface area contributed by atoms with E-state index in [0.717, 1.165) is 17.8 Å². The van der Waals surface area contributed by atoms with Crippen LogP contribution in [-0.2, 0) is 9.53 Å².